The van der Waals surface area contributed by atoms with Crippen LogP contribution < -0.4 is 16.4 Å². The van der Waals surface area contributed by atoms with E-state index in [-0.39, 0.29) is 23.6 Å². The fourth-order valence-electron chi connectivity index (χ4n) is 4.80. The topological polar surface area (TPSA) is 87.5 Å². The van der Waals surface area contributed by atoms with Gasteiger partial charge in [-0.2, -0.15) is 0 Å². The zero-order valence-corrected chi connectivity index (χ0v) is 19.3. The lowest BCUT2D eigenvalue weighted by molar-refractivity contribution is 0.0920. The fraction of sp³-hybridized carbons (Fsp3) is 0.462. The van der Waals surface area contributed by atoms with Crippen molar-refractivity contribution in [3.05, 3.63) is 64.7 Å². The van der Waals surface area contributed by atoms with Gasteiger partial charge >= 0.3 is 0 Å². The first kappa shape index (κ1) is 24.3. The SMILES string of the molecule is NC1CCCCC1NC(=O)c1ccc(CN2CCCCC2)c(NC(=O)c2cc(F)cc(F)c2)c1. The zero-order chi connectivity index (χ0) is 24.1. The maximum Gasteiger partial charge on any atom is 0.255 e. The molecule has 1 heterocycles. The van der Waals surface area contributed by atoms with E-state index in [0.717, 1.165) is 75.4 Å². The van der Waals surface area contributed by atoms with E-state index in [1.807, 2.05) is 6.07 Å². The van der Waals surface area contributed by atoms with Gasteiger partial charge in [-0.1, -0.05) is 25.3 Å². The standard InChI is InChI=1S/C26H32F2N4O2/c27-20-12-19(13-21(28)15-20)26(34)31-24-14-17(25(33)30-23-7-3-2-6-22(23)29)8-9-18(24)16-32-10-4-1-5-11-32/h8-9,12-15,22-23H,1-7,10-11,16,29H2,(H,30,33)(H,31,34). The molecule has 1 aliphatic heterocycles. The zero-order valence-electron chi connectivity index (χ0n) is 19.3. The van der Waals surface area contributed by atoms with Gasteiger partial charge in [-0.3, -0.25) is 14.5 Å². The number of anilines is 1. The highest BCUT2D eigenvalue weighted by atomic mass is 19.1. The second-order valence-electron chi connectivity index (χ2n) is 9.35. The van der Waals surface area contributed by atoms with E-state index in [0.29, 0.717) is 17.8 Å². The number of benzene rings is 2. The summed E-state index contributed by atoms with van der Waals surface area (Å²) in [6.45, 7) is 2.54. The third-order valence-electron chi connectivity index (χ3n) is 6.72. The summed E-state index contributed by atoms with van der Waals surface area (Å²) in [6, 6.07) is 7.77. The van der Waals surface area contributed by atoms with Gasteiger partial charge in [-0.05, 0) is 68.6 Å². The van der Waals surface area contributed by atoms with E-state index in [1.54, 1.807) is 12.1 Å². The summed E-state index contributed by atoms with van der Waals surface area (Å²) in [5.74, 6) is -2.53. The number of nitrogens with two attached hydrogens (primary N) is 1. The van der Waals surface area contributed by atoms with Crippen LogP contribution in [0.4, 0.5) is 14.5 Å². The lowest BCUT2D eigenvalue weighted by Gasteiger charge is -2.29. The normalized spacial score (nSPS) is 21.1. The molecule has 2 aliphatic rings. The number of rotatable bonds is 6. The largest absolute Gasteiger partial charge is 0.348 e. The highest BCUT2D eigenvalue weighted by molar-refractivity contribution is 6.05. The van der Waals surface area contributed by atoms with Crippen LogP contribution in [0.3, 0.4) is 0 Å². The predicted octanol–water partition coefficient (Wildman–Crippen LogP) is 4.20. The third kappa shape index (κ3) is 6.18. The predicted molar refractivity (Wildman–Crippen MR) is 128 cm³/mol. The number of nitrogens with zero attached hydrogens (tertiary/aromatic N) is 1. The maximum absolute atomic E-state index is 13.6. The monoisotopic (exact) mass is 470 g/mol. The smallest absolute Gasteiger partial charge is 0.255 e. The van der Waals surface area contributed by atoms with Crippen molar-refractivity contribution in [3.63, 3.8) is 0 Å². The summed E-state index contributed by atoms with van der Waals surface area (Å²) >= 11 is 0. The molecule has 2 fully saturated rings. The van der Waals surface area contributed by atoms with Crippen molar-refractivity contribution >= 4 is 17.5 Å². The molecule has 2 unspecified atom stereocenters. The van der Waals surface area contributed by atoms with Crippen LogP contribution in [0.25, 0.3) is 0 Å². The van der Waals surface area contributed by atoms with Crippen molar-refractivity contribution in [2.24, 2.45) is 5.73 Å². The van der Waals surface area contributed by atoms with Crippen molar-refractivity contribution in [1.82, 2.24) is 10.2 Å². The number of nitrogens with one attached hydrogen (secondary N) is 2. The summed E-state index contributed by atoms with van der Waals surface area (Å²) in [5.41, 5.74) is 7.77. The van der Waals surface area contributed by atoms with Crippen LogP contribution in [-0.2, 0) is 6.54 Å². The molecule has 2 amide bonds. The van der Waals surface area contributed by atoms with Crippen LogP contribution in [0, 0.1) is 11.6 Å². The lowest BCUT2D eigenvalue weighted by Crippen LogP contribution is -2.49. The molecular weight excluding hydrogens is 438 g/mol. The number of piperidine rings is 1. The number of carbonyl (C=O) groups is 2. The molecule has 2 aromatic rings. The van der Waals surface area contributed by atoms with E-state index in [1.165, 1.54) is 6.42 Å². The Morgan fingerprint density at radius 1 is 0.882 bits per heavy atom. The molecule has 0 radical (unpaired) electrons. The Kier molecular flexibility index (Phi) is 7.90. The molecule has 0 aromatic heterocycles. The van der Waals surface area contributed by atoms with E-state index < -0.39 is 17.5 Å². The lowest BCUT2D eigenvalue weighted by atomic mass is 9.91. The van der Waals surface area contributed by atoms with Crippen LogP contribution in [0.1, 0.15) is 71.2 Å². The molecule has 1 saturated carbocycles. The highest BCUT2D eigenvalue weighted by Crippen LogP contribution is 2.24. The summed E-state index contributed by atoms with van der Waals surface area (Å²) in [4.78, 5) is 28.1. The molecule has 4 N–H and O–H groups in total. The van der Waals surface area contributed by atoms with Crippen LogP contribution in [0.2, 0.25) is 0 Å². The first-order valence-corrected chi connectivity index (χ1v) is 12.1. The van der Waals surface area contributed by atoms with Crippen LogP contribution in [0.5, 0.6) is 0 Å². The highest BCUT2D eigenvalue weighted by Gasteiger charge is 2.24. The minimum absolute atomic E-state index is 0.0712. The van der Waals surface area contributed by atoms with Gasteiger partial charge < -0.3 is 16.4 Å². The minimum atomic E-state index is -0.823. The molecule has 1 aliphatic carbocycles. The Morgan fingerprint density at radius 2 is 1.59 bits per heavy atom. The van der Waals surface area contributed by atoms with E-state index in [9.17, 15) is 18.4 Å². The molecular formula is C26H32F2N4O2. The van der Waals surface area contributed by atoms with Gasteiger partial charge in [0.2, 0.25) is 0 Å². The average molecular weight is 471 g/mol. The van der Waals surface area contributed by atoms with E-state index >= 15 is 0 Å². The molecule has 8 heteroatoms. The first-order valence-electron chi connectivity index (χ1n) is 12.1. The van der Waals surface area contributed by atoms with Gasteiger partial charge in [0.15, 0.2) is 0 Å². The molecule has 0 bridgehead atoms. The third-order valence-corrected chi connectivity index (χ3v) is 6.72. The Labute approximate surface area is 198 Å². The average Bonchev–Trinajstić information content (AvgIpc) is 2.81. The number of likely N-dealkylation sites (tertiary alicyclic amines) is 1. The second-order valence-corrected chi connectivity index (χ2v) is 9.35. The molecule has 182 valence electrons. The molecule has 34 heavy (non-hydrogen) atoms. The van der Waals surface area contributed by atoms with Gasteiger partial charge in [0.1, 0.15) is 11.6 Å². The first-order chi connectivity index (χ1) is 16.4. The van der Waals surface area contributed by atoms with Crippen LogP contribution >= 0.6 is 0 Å². The maximum atomic E-state index is 13.6. The Bertz CT molecular complexity index is 1020. The quantitative estimate of drug-likeness (QED) is 0.591. The number of amides is 2. The minimum Gasteiger partial charge on any atom is -0.348 e. The summed E-state index contributed by atoms with van der Waals surface area (Å²) in [6.07, 6.45) is 7.25. The van der Waals surface area contributed by atoms with Crippen molar-refractivity contribution < 1.29 is 18.4 Å². The second kappa shape index (κ2) is 11.1. The van der Waals surface area contributed by atoms with Crippen LogP contribution in [-0.4, -0.2) is 41.9 Å². The molecule has 0 spiro atoms. The van der Waals surface area contributed by atoms with Crippen molar-refractivity contribution in [2.45, 2.75) is 63.6 Å². The fourth-order valence-corrected chi connectivity index (χ4v) is 4.80. The van der Waals surface area contributed by atoms with Gasteiger partial charge in [-0.25, -0.2) is 8.78 Å². The summed E-state index contributed by atoms with van der Waals surface area (Å²) < 4.78 is 27.3. The number of hydrogen-bond acceptors (Lipinski definition) is 4. The molecule has 2 atom stereocenters. The van der Waals surface area contributed by atoms with Gasteiger partial charge in [0.25, 0.3) is 11.8 Å². The Morgan fingerprint density at radius 3 is 2.29 bits per heavy atom. The molecule has 2 aromatic carbocycles. The Balaban J connectivity index is 1.57. The van der Waals surface area contributed by atoms with Gasteiger partial charge in [0, 0.05) is 41.5 Å². The van der Waals surface area contributed by atoms with Crippen LogP contribution in [0.15, 0.2) is 36.4 Å². The van der Waals surface area contributed by atoms with E-state index in [2.05, 4.69) is 15.5 Å². The number of halogens is 2. The summed E-state index contributed by atoms with van der Waals surface area (Å²) in [5, 5.41) is 5.80. The molecule has 1 saturated heterocycles. The number of hydrogen-bond donors (Lipinski definition) is 3. The number of carbonyl (C=O) groups excluding carboxylic acids is 2. The van der Waals surface area contributed by atoms with Crippen molar-refractivity contribution in [1.29, 1.82) is 0 Å². The molecule has 6 nitrogen and oxygen atoms in total. The Hall–Kier alpha value is -2.84. The van der Waals surface area contributed by atoms with Gasteiger partial charge in [0.05, 0.1) is 0 Å². The van der Waals surface area contributed by atoms with Crippen molar-refractivity contribution in [3.8, 4) is 0 Å². The molecule has 4 rings (SSSR count). The van der Waals surface area contributed by atoms with Gasteiger partial charge in [-0.15, -0.1) is 0 Å². The van der Waals surface area contributed by atoms with E-state index in [4.69, 9.17) is 5.73 Å². The summed E-state index contributed by atoms with van der Waals surface area (Å²) in [7, 11) is 0. The van der Waals surface area contributed by atoms with Crippen molar-refractivity contribution in [2.75, 3.05) is 18.4 Å².